The summed E-state index contributed by atoms with van der Waals surface area (Å²) < 4.78 is 5.30. The minimum atomic E-state index is -0.759. The molecule has 0 amide bonds. The fourth-order valence-electron chi connectivity index (χ4n) is 3.01. The van der Waals surface area contributed by atoms with Crippen molar-refractivity contribution in [2.45, 2.75) is 38.7 Å². The fourth-order valence-corrected chi connectivity index (χ4v) is 3.01. The minimum Gasteiger partial charge on any atom is -0.454 e. The number of aryl methyl sites for hydroxylation is 2. The van der Waals surface area contributed by atoms with Crippen LogP contribution in [0.1, 0.15) is 40.4 Å². The van der Waals surface area contributed by atoms with Crippen LogP contribution in [0.5, 0.6) is 0 Å². The van der Waals surface area contributed by atoms with E-state index in [0.717, 1.165) is 24.8 Å². The summed E-state index contributed by atoms with van der Waals surface area (Å²) in [6.45, 7) is 1.64. The highest BCUT2D eigenvalue weighted by atomic mass is 16.5. The molecule has 0 radical (unpaired) electrons. The first-order valence-corrected chi connectivity index (χ1v) is 8.03. The Morgan fingerprint density at radius 3 is 2.57 bits per heavy atom. The van der Waals surface area contributed by atoms with E-state index >= 15 is 0 Å². The topological polar surface area (TPSA) is 43.4 Å². The van der Waals surface area contributed by atoms with Gasteiger partial charge < -0.3 is 4.74 Å². The predicted molar refractivity (Wildman–Crippen MR) is 88.5 cm³/mol. The highest BCUT2D eigenvalue weighted by Gasteiger charge is 2.21. The Kier molecular flexibility index (Phi) is 4.56. The van der Waals surface area contributed by atoms with Crippen LogP contribution in [0, 0.1) is 0 Å². The maximum absolute atomic E-state index is 12.5. The summed E-state index contributed by atoms with van der Waals surface area (Å²) in [5.41, 5.74) is 4.09. The number of carbonyl (C=O) groups excluding carboxylic acids is 2. The lowest BCUT2D eigenvalue weighted by Gasteiger charge is -2.13. The molecule has 23 heavy (non-hydrogen) atoms. The number of hydrogen-bond donors (Lipinski definition) is 0. The van der Waals surface area contributed by atoms with Crippen molar-refractivity contribution in [3.63, 3.8) is 0 Å². The van der Waals surface area contributed by atoms with Gasteiger partial charge in [0.15, 0.2) is 6.10 Å². The van der Waals surface area contributed by atoms with Gasteiger partial charge >= 0.3 is 5.97 Å². The summed E-state index contributed by atoms with van der Waals surface area (Å²) in [7, 11) is 0. The summed E-state index contributed by atoms with van der Waals surface area (Å²) >= 11 is 0. The molecule has 2 aromatic carbocycles. The van der Waals surface area contributed by atoms with Gasteiger partial charge in [-0.1, -0.05) is 42.5 Å². The number of esters is 1. The number of fused-ring (bicyclic) bond motifs is 1. The highest BCUT2D eigenvalue weighted by molar-refractivity contribution is 6.00. The van der Waals surface area contributed by atoms with Gasteiger partial charge in [-0.15, -0.1) is 0 Å². The highest BCUT2D eigenvalue weighted by Crippen LogP contribution is 2.23. The summed E-state index contributed by atoms with van der Waals surface area (Å²) in [6.07, 6.45) is 2.69. The normalized spacial score (nSPS) is 14.1. The summed E-state index contributed by atoms with van der Waals surface area (Å²) in [4.78, 5) is 24.4. The van der Waals surface area contributed by atoms with Gasteiger partial charge in [0.25, 0.3) is 0 Å². The maximum Gasteiger partial charge on any atom is 0.310 e. The molecule has 0 heterocycles. The monoisotopic (exact) mass is 308 g/mol. The lowest BCUT2D eigenvalue weighted by atomic mass is 10.0. The molecule has 0 spiro atoms. The van der Waals surface area contributed by atoms with Crippen molar-refractivity contribution in [2.75, 3.05) is 0 Å². The molecule has 0 bridgehead atoms. The van der Waals surface area contributed by atoms with E-state index < -0.39 is 6.10 Å². The number of benzene rings is 2. The molecule has 2 aromatic rings. The number of hydrogen-bond acceptors (Lipinski definition) is 3. The summed E-state index contributed by atoms with van der Waals surface area (Å²) in [5.74, 6) is -0.515. The quantitative estimate of drug-likeness (QED) is 0.627. The van der Waals surface area contributed by atoms with Gasteiger partial charge in [0, 0.05) is 5.56 Å². The smallest absolute Gasteiger partial charge is 0.310 e. The van der Waals surface area contributed by atoms with Gasteiger partial charge in [-0.2, -0.15) is 0 Å². The van der Waals surface area contributed by atoms with Crippen LogP contribution in [-0.4, -0.2) is 17.9 Å². The van der Waals surface area contributed by atoms with Crippen molar-refractivity contribution in [2.24, 2.45) is 0 Å². The van der Waals surface area contributed by atoms with Gasteiger partial charge in [0.1, 0.15) is 0 Å². The molecule has 1 aliphatic carbocycles. The van der Waals surface area contributed by atoms with Crippen molar-refractivity contribution in [3.8, 4) is 0 Å². The molecule has 1 atom stereocenters. The third-order valence-electron chi connectivity index (χ3n) is 4.25. The van der Waals surface area contributed by atoms with Crippen LogP contribution >= 0.6 is 0 Å². The predicted octanol–water partition coefficient (Wildman–Crippen LogP) is 3.53. The van der Waals surface area contributed by atoms with Crippen molar-refractivity contribution in [3.05, 3.63) is 70.8 Å². The standard InChI is InChI=1S/C20H20O3/c1-14(23-19(21)12-15-6-3-2-4-7-15)20(22)18-11-10-16-8-5-9-17(16)13-18/h2-4,6-7,10-11,13-14H,5,8-9,12H2,1H3. The number of ether oxygens (including phenoxy) is 1. The molecule has 0 saturated heterocycles. The minimum absolute atomic E-state index is 0.138. The molecular weight excluding hydrogens is 288 g/mol. The van der Waals surface area contributed by atoms with Crippen LogP contribution in [0.4, 0.5) is 0 Å². The average Bonchev–Trinajstić information content (AvgIpc) is 3.02. The SMILES string of the molecule is CC(OC(=O)Cc1ccccc1)C(=O)c1ccc2c(c1)CCC2. The van der Waals surface area contributed by atoms with E-state index in [4.69, 9.17) is 4.74 Å². The van der Waals surface area contributed by atoms with E-state index in [2.05, 4.69) is 0 Å². The Balaban J connectivity index is 1.62. The van der Waals surface area contributed by atoms with Crippen LogP contribution in [0.25, 0.3) is 0 Å². The molecule has 1 aliphatic rings. The van der Waals surface area contributed by atoms with Crippen LogP contribution in [0.15, 0.2) is 48.5 Å². The van der Waals surface area contributed by atoms with Crippen LogP contribution in [0.3, 0.4) is 0 Å². The zero-order chi connectivity index (χ0) is 16.2. The molecule has 0 aromatic heterocycles. The van der Waals surface area contributed by atoms with Gasteiger partial charge in [-0.05, 0) is 48.9 Å². The molecule has 3 nitrogen and oxygen atoms in total. The number of carbonyl (C=O) groups is 2. The first-order valence-electron chi connectivity index (χ1n) is 8.03. The molecule has 0 aliphatic heterocycles. The van der Waals surface area contributed by atoms with E-state index in [-0.39, 0.29) is 18.2 Å². The zero-order valence-electron chi connectivity index (χ0n) is 13.2. The zero-order valence-corrected chi connectivity index (χ0v) is 13.2. The van der Waals surface area contributed by atoms with Crippen molar-refractivity contribution in [1.82, 2.24) is 0 Å². The fraction of sp³-hybridized carbons (Fsp3) is 0.300. The third kappa shape index (κ3) is 3.67. The second-order valence-corrected chi connectivity index (χ2v) is 6.00. The molecule has 0 saturated carbocycles. The van der Waals surface area contributed by atoms with Crippen molar-refractivity contribution >= 4 is 11.8 Å². The van der Waals surface area contributed by atoms with Gasteiger partial charge in [0.2, 0.25) is 5.78 Å². The van der Waals surface area contributed by atoms with Crippen LogP contribution in [-0.2, 0) is 28.8 Å². The Morgan fingerprint density at radius 1 is 1.04 bits per heavy atom. The second kappa shape index (κ2) is 6.78. The van der Waals surface area contributed by atoms with Crippen molar-refractivity contribution < 1.29 is 14.3 Å². The Bertz CT molecular complexity index is 719. The number of rotatable bonds is 5. The Labute approximate surface area is 136 Å². The number of ketones is 1. The molecule has 118 valence electrons. The lowest BCUT2D eigenvalue weighted by molar-refractivity contribution is -0.145. The molecule has 0 fully saturated rings. The lowest BCUT2D eigenvalue weighted by Crippen LogP contribution is -2.25. The third-order valence-corrected chi connectivity index (χ3v) is 4.25. The average molecular weight is 308 g/mol. The van der Waals surface area contributed by atoms with E-state index in [1.54, 1.807) is 6.92 Å². The largest absolute Gasteiger partial charge is 0.454 e. The van der Waals surface area contributed by atoms with E-state index in [1.165, 1.54) is 11.1 Å². The van der Waals surface area contributed by atoms with Gasteiger partial charge in [-0.3, -0.25) is 9.59 Å². The maximum atomic E-state index is 12.5. The van der Waals surface area contributed by atoms with E-state index in [9.17, 15) is 9.59 Å². The molecule has 1 unspecified atom stereocenters. The van der Waals surface area contributed by atoms with Crippen molar-refractivity contribution in [1.29, 1.82) is 0 Å². The van der Waals surface area contributed by atoms with Gasteiger partial charge in [-0.25, -0.2) is 0 Å². The molecule has 0 N–H and O–H groups in total. The van der Waals surface area contributed by atoms with E-state index in [0.29, 0.717) is 5.56 Å². The molecular formula is C20H20O3. The van der Waals surface area contributed by atoms with Gasteiger partial charge in [0.05, 0.1) is 6.42 Å². The van der Waals surface area contributed by atoms with Crippen LogP contribution in [0.2, 0.25) is 0 Å². The molecule has 3 heteroatoms. The number of Topliss-reactive ketones (excluding diaryl/α,β-unsaturated/α-hetero) is 1. The Hall–Kier alpha value is -2.42. The summed E-state index contributed by atoms with van der Waals surface area (Å²) in [5, 5.41) is 0. The Morgan fingerprint density at radius 2 is 1.78 bits per heavy atom. The summed E-state index contributed by atoms with van der Waals surface area (Å²) in [6, 6.07) is 15.2. The first kappa shape index (κ1) is 15.5. The second-order valence-electron chi connectivity index (χ2n) is 6.00. The van der Waals surface area contributed by atoms with Crippen LogP contribution < -0.4 is 0 Å². The first-order chi connectivity index (χ1) is 11.1. The molecule has 3 rings (SSSR count). The van der Waals surface area contributed by atoms with E-state index in [1.807, 2.05) is 48.5 Å².